The maximum atomic E-state index is 12.5. The van der Waals surface area contributed by atoms with Crippen LogP contribution in [0.25, 0.3) is 0 Å². The minimum absolute atomic E-state index is 0.0596. The van der Waals surface area contributed by atoms with E-state index < -0.39 is 21.7 Å². The van der Waals surface area contributed by atoms with Gasteiger partial charge in [-0.25, -0.2) is 0 Å². The Hall–Kier alpha value is -0.280. The van der Waals surface area contributed by atoms with Crippen LogP contribution in [-0.4, -0.2) is 22.5 Å². The molecule has 0 aromatic carbocycles. The first-order valence-electron chi connectivity index (χ1n) is 3.61. The molecule has 1 nitrogen and oxygen atoms in total. The van der Waals surface area contributed by atoms with Gasteiger partial charge in [-0.2, -0.15) is 26.3 Å². The number of alkyl halides is 7. The Morgan fingerprint density at radius 3 is 1.80 bits per heavy atom. The Balaban J connectivity index is 3.32. The summed E-state index contributed by atoms with van der Waals surface area (Å²) in [6.07, 6.45) is -9.55. The highest BCUT2D eigenvalue weighted by Gasteiger charge is 2.72. The lowest BCUT2D eigenvalue weighted by Gasteiger charge is -2.38. The highest BCUT2D eigenvalue weighted by atomic mass is 127. The van der Waals surface area contributed by atoms with Crippen LogP contribution in [0.4, 0.5) is 26.3 Å². The van der Waals surface area contributed by atoms with Crippen molar-refractivity contribution < 1.29 is 26.3 Å². The van der Waals surface area contributed by atoms with Crippen molar-refractivity contribution in [2.75, 3.05) is 0 Å². The summed E-state index contributed by atoms with van der Waals surface area (Å²) in [6, 6.07) is 0. The van der Waals surface area contributed by atoms with E-state index in [4.69, 9.17) is 0 Å². The van der Waals surface area contributed by atoms with E-state index in [-0.39, 0.29) is 6.08 Å². The molecule has 0 aliphatic carbocycles. The van der Waals surface area contributed by atoms with Crippen LogP contribution < -0.4 is 0 Å². The molecule has 8 heteroatoms. The maximum absolute atomic E-state index is 12.5. The third-order valence-electron chi connectivity index (χ3n) is 2.01. The van der Waals surface area contributed by atoms with Gasteiger partial charge < -0.3 is 0 Å². The summed E-state index contributed by atoms with van der Waals surface area (Å²) >= 11 is 1.08. The normalized spacial score (nSPS) is 25.7. The van der Waals surface area contributed by atoms with E-state index in [0.717, 1.165) is 22.6 Å². The number of aliphatic imine (C=N–C) groups is 1. The van der Waals surface area contributed by atoms with Crippen LogP contribution >= 0.6 is 22.6 Å². The second-order valence-electron chi connectivity index (χ2n) is 2.88. The summed E-state index contributed by atoms with van der Waals surface area (Å²) in [5.41, 5.74) is -3.83. The van der Waals surface area contributed by atoms with Gasteiger partial charge in [0, 0.05) is 12.4 Å². The summed E-state index contributed by atoms with van der Waals surface area (Å²) < 4.78 is 73.2. The van der Waals surface area contributed by atoms with Crippen molar-refractivity contribution in [2.24, 2.45) is 10.4 Å². The third-order valence-corrected chi connectivity index (χ3v) is 3.32. The van der Waals surface area contributed by atoms with Gasteiger partial charge in [-0.3, -0.25) is 4.99 Å². The Bertz CT molecular complexity index is 288. The van der Waals surface area contributed by atoms with E-state index in [1.165, 1.54) is 0 Å². The minimum atomic E-state index is -5.39. The van der Waals surface area contributed by atoms with Crippen molar-refractivity contribution in [3.8, 4) is 0 Å². The number of nitrogens with zero attached hydrogens (tertiary/aromatic N) is 1. The smallest absolute Gasteiger partial charge is 0.268 e. The molecule has 86 valence electrons. The molecule has 0 aromatic rings. The first kappa shape index (κ1) is 12.8. The number of halogens is 7. The summed E-state index contributed by atoms with van der Waals surface area (Å²) in [5, 5.41) is 0. The Morgan fingerprint density at radius 2 is 1.53 bits per heavy atom. The molecule has 0 saturated heterocycles. The van der Waals surface area contributed by atoms with Crippen LogP contribution in [0.5, 0.6) is 0 Å². The van der Waals surface area contributed by atoms with Crippen molar-refractivity contribution in [3.63, 3.8) is 0 Å². The molecule has 0 radical (unpaired) electrons. The molecule has 1 atom stereocenters. The lowest BCUT2D eigenvalue weighted by molar-refractivity contribution is -0.315. The fourth-order valence-corrected chi connectivity index (χ4v) is 2.26. The molecular weight excluding hydrogens is 339 g/mol. The Morgan fingerprint density at radius 1 is 1.07 bits per heavy atom. The number of hydrogen-bond donors (Lipinski definition) is 0. The van der Waals surface area contributed by atoms with E-state index in [2.05, 4.69) is 4.99 Å². The fraction of sp³-hybridized carbons (Fsp3) is 0.571. The molecule has 0 saturated carbocycles. The van der Waals surface area contributed by atoms with Crippen molar-refractivity contribution >= 4 is 28.8 Å². The van der Waals surface area contributed by atoms with Crippen LogP contribution in [0.2, 0.25) is 0 Å². The average molecular weight is 343 g/mol. The predicted octanol–water partition coefficient (Wildman–Crippen LogP) is 3.50. The lowest BCUT2D eigenvalue weighted by Crippen LogP contribution is -2.55. The molecule has 0 fully saturated rings. The van der Waals surface area contributed by atoms with E-state index in [9.17, 15) is 26.3 Å². The zero-order valence-corrected chi connectivity index (χ0v) is 9.06. The van der Waals surface area contributed by atoms with Crippen LogP contribution in [0, 0.1) is 5.41 Å². The Kier molecular flexibility index (Phi) is 3.10. The summed E-state index contributed by atoms with van der Waals surface area (Å²) in [7, 11) is 0. The van der Waals surface area contributed by atoms with Gasteiger partial charge in [0.05, 0.1) is 3.92 Å². The first-order valence-corrected chi connectivity index (χ1v) is 4.86. The van der Waals surface area contributed by atoms with Crippen LogP contribution in [0.1, 0.15) is 0 Å². The molecule has 0 amide bonds. The predicted molar refractivity (Wildman–Crippen MR) is 50.0 cm³/mol. The molecule has 0 spiro atoms. The van der Waals surface area contributed by atoms with Crippen LogP contribution in [0.3, 0.4) is 0 Å². The molecule has 15 heavy (non-hydrogen) atoms. The molecule has 1 heterocycles. The molecule has 0 bridgehead atoms. The third kappa shape index (κ3) is 1.87. The van der Waals surface area contributed by atoms with Gasteiger partial charge in [-0.1, -0.05) is 22.6 Å². The molecule has 0 N–H and O–H groups in total. The molecule has 1 unspecified atom stereocenters. The second-order valence-corrected chi connectivity index (χ2v) is 4.22. The van der Waals surface area contributed by atoms with Crippen LogP contribution in [-0.2, 0) is 0 Å². The molecule has 1 aliphatic heterocycles. The van der Waals surface area contributed by atoms with Crippen molar-refractivity contribution in [1.82, 2.24) is 0 Å². The lowest BCUT2D eigenvalue weighted by atomic mass is 9.82. The highest BCUT2D eigenvalue weighted by Crippen LogP contribution is 2.56. The van der Waals surface area contributed by atoms with E-state index in [1.807, 2.05) is 0 Å². The van der Waals surface area contributed by atoms with Gasteiger partial charge in [-0.15, -0.1) is 0 Å². The molecule has 0 aromatic heterocycles. The van der Waals surface area contributed by atoms with Crippen LogP contribution in [0.15, 0.2) is 17.3 Å². The van der Waals surface area contributed by atoms with Crippen molar-refractivity contribution in [3.05, 3.63) is 12.3 Å². The average Bonchev–Trinajstić information content (AvgIpc) is 2.00. The molecule has 1 rings (SSSR count). The van der Waals surface area contributed by atoms with E-state index in [1.54, 1.807) is 0 Å². The van der Waals surface area contributed by atoms with E-state index in [0.29, 0.717) is 12.4 Å². The summed E-state index contributed by atoms with van der Waals surface area (Å²) in [5.74, 6) is 0. The number of hydrogen-bond acceptors (Lipinski definition) is 1. The van der Waals surface area contributed by atoms with Gasteiger partial charge >= 0.3 is 12.4 Å². The second kappa shape index (κ2) is 3.63. The Labute approximate surface area is 94.4 Å². The van der Waals surface area contributed by atoms with Gasteiger partial charge in [0.15, 0.2) is 5.41 Å². The highest BCUT2D eigenvalue weighted by molar-refractivity contribution is 14.1. The first-order chi connectivity index (χ1) is 6.63. The number of rotatable bonds is 0. The van der Waals surface area contributed by atoms with Gasteiger partial charge in [0.25, 0.3) is 0 Å². The minimum Gasteiger partial charge on any atom is -0.268 e. The van der Waals surface area contributed by atoms with Crippen molar-refractivity contribution in [1.29, 1.82) is 0 Å². The van der Waals surface area contributed by atoms with Gasteiger partial charge in [-0.05, 0) is 6.08 Å². The monoisotopic (exact) mass is 343 g/mol. The quantitative estimate of drug-likeness (QED) is 0.363. The largest absolute Gasteiger partial charge is 0.408 e. The van der Waals surface area contributed by atoms with Gasteiger partial charge in [0.1, 0.15) is 0 Å². The standard InChI is InChI=1S/C7H4F6IN/c8-6(9,10)5(7(11,12)13)1-2-15-3-4(5)14/h1-4H. The zero-order chi connectivity index (χ0) is 11.9. The fourth-order valence-electron chi connectivity index (χ4n) is 1.16. The summed E-state index contributed by atoms with van der Waals surface area (Å²) in [6.45, 7) is 0. The maximum Gasteiger partial charge on any atom is 0.408 e. The number of allylic oxidation sites excluding steroid dienone is 1. The summed E-state index contributed by atoms with van der Waals surface area (Å²) in [4.78, 5) is 3.27. The SMILES string of the molecule is FC(F)(F)C1(C(F)(F)F)C=CN=CC1I. The van der Waals surface area contributed by atoms with Gasteiger partial charge in [0.2, 0.25) is 0 Å². The molecule has 1 aliphatic rings. The van der Waals surface area contributed by atoms with E-state index >= 15 is 0 Å². The topological polar surface area (TPSA) is 12.4 Å². The molecular formula is C7H4F6IN. The van der Waals surface area contributed by atoms with Crippen molar-refractivity contribution in [2.45, 2.75) is 16.3 Å². The zero-order valence-electron chi connectivity index (χ0n) is 6.90.